The van der Waals surface area contributed by atoms with Gasteiger partial charge in [-0.25, -0.2) is 0 Å². The standard InChI is InChI=1S/C28H36N2O5/c1-19-7-6-8-20(2)26(19)27(34)30-13-11-28(12-14-30)16-23(32)22(31)15-21-9-4-5-10-24(21)35-17-25(33)29(3)18-28/h4-10,22-23,31-32H,11-18H2,1-3H3/t22-,23+/m0/s1. The minimum atomic E-state index is -0.952. The first kappa shape index (κ1) is 25.2. The molecule has 7 heteroatoms. The summed E-state index contributed by atoms with van der Waals surface area (Å²) in [7, 11) is 1.75. The molecular formula is C28H36N2O5. The summed E-state index contributed by atoms with van der Waals surface area (Å²) in [5, 5.41) is 21.8. The highest BCUT2D eigenvalue weighted by Gasteiger charge is 2.41. The van der Waals surface area contributed by atoms with E-state index < -0.39 is 17.6 Å². The molecule has 35 heavy (non-hydrogen) atoms. The average Bonchev–Trinajstić information content (AvgIpc) is 2.82. The molecule has 0 aliphatic carbocycles. The fourth-order valence-electron chi connectivity index (χ4n) is 5.52. The molecule has 0 saturated carbocycles. The Balaban J connectivity index is 1.54. The molecule has 2 aliphatic heterocycles. The van der Waals surface area contributed by atoms with Crippen LogP contribution >= 0.6 is 0 Å². The maximum atomic E-state index is 13.3. The molecular weight excluding hydrogens is 444 g/mol. The van der Waals surface area contributed by atoms with Crippen molar-refractivity contribution in [1.82, 2.24) is 9.80 Å². The highest BCUT2D eigenvalue weighted by molar-refractivity contribution is 5.97. The van der Waals surface area contributed by atoms with Gasteiger partial charge in [0.25, 0.3) is 11.8 Å². The number of fused-ring (bicyclic) bond motifs is 1. The van der Waals surface area contributed by atoms with Gasteiger partial charge in [0, 0.05) is 38.7 Å². The summed E-state index contributed by atoms with van der Waals surface area (Å²) in [5.41, 5.74) is 3.04. The Morgan fingerprint density at radius 1 is 1.00 bits per heavy atom. The Morgan fingerprint density at radius 3 is 2.34 bits per heavy atom. The Kier molecular flexibility index (Phi) is 7.47. The van der Waals surface area contributed by atoms with Gasteiger partial charge in [0.05, 0.1) is 12.2 Å². The van der Waals surface area contributed by atoms with Gasteiger partial charge in [-0.15, -0.1) is 0 Å². The Labute approximate surface area is 207 Å². The molecule has 0 radical (unpaired) electrons. The molecule has 1 saturated heterocycles. The van der Waals surface area contributed by atoms with E-state index in [4.69, 9.17) is 4.74 Å². The number of para-hydroxylation sites is 1. The molecule has 2 atom stereocenters. The molecule has 0 aromatic heterocycles. The van der Waals surface area contributed by atoms with Gasteiger partial charge in [-0.2, -0.15) is 0 Å². The highest BCUT2D eigenvalue weighted by Crippen LogP contribution is 2.39. The SMILES string of the molecule is Cc1cccc(C)c1C(=O)N1CCC2(CC1)C[C@@H](O)[C@@H](O)Cc1ccccc1OCC(=O)N(C)C2. The molecule has 1 fully saturated rings. The number of likely N-dealkylation sites (N-methyl/N-ethyl adjacent to an activating group) is 1. The summed E-state index contributed by atoms with van der Waals surface area (Å²) < 4.78 is 5.79. The summed E-state index contributed by atoms with van der Waals surface area (Å²) in [6, 6.07) is 13.2. The number of rotatable bonds is 1. The molecule has 1 spiro atoms. The number of carbonyl (C=O) groups is 2. The quantitative estimate of drug-likeness (QED) is 0.655. The van der Waals surface area contributed by atoms with Crippen LogP contribution in [-0.2, 0) is 11.2 Å². The lowest BCUT2D eigenvalue weighted by Crippen LogP contribution is -2.51. The smallest absolute Gasteiger partial charge is 0.260 e. The lowest BCUT2D eigenvalue weighted by Gasteiger charge is -2.45. The van der Waals surface area contributed by atoms with E-state index in [1.807, 2.05) is 55.1 Å². The van der Waals surface area contributed by atoms with Gasteiger partial charge in [-0.05, 0) is 61.3 Å². The van der Waals surface area contributed by atoms with Crippen molar-refractivity contribution in [1.29, 1.82) is 0 Å². The Hall–Kier alpha value is -2.90. The van der Waals surface area contributed by atoms with E-state index in [9.17, 15) is 19.8 Å². The molecule has 2 amide bonds. The second-order valence-corrected chi connectivity index (χ2v) is 10.2. The van der Waals surface area contributed by atoms with Crippen molar-refractivity contribution in [3.8, 4) is 5.75 Å². The molecule has 2 heterocycles. The number of carbonyl (C=O) groups excluding carboxylic acids is 2. The van der Waals surface area contributed by atoms with Crippen LogP contribution in [0.25, 0.3) is 0 Å². The number of ether oxygens (including phenoxy) is 1. The Bertz CT molecular complexity index is 1060. The van der Waals surface area contributed by atoms with E-state index >= 15 is 0 Å². The molecule has 188 valence electrons. The molecule has 2 aromatic carbocycles. The largest absolute Gasteiger partial charge is 0.483 e. The zero-order chi connectivity index (χ0) is 25.2. The first-order valence-electron chi connectivity index (χ1n) is 12.4. The van der Waals surface area contributed by atoms with Crippen LogP contribution in [0, 0.1) is 19.3 Å². The maximum absolute atomic E-state index is 13.3. The number of aliphatic hydroxyl groups is 2. The van der Waals surface area contributed by atoms with E-state index in [2.05, 4.69) is 0 Å². The lowest BCUT2D eigenvalue weighted by molar-refractivity contribution is -0.135. The van der Waals surface area contributed by atoms with E-state index in [1.54, 1.807) is 18.0 Å². The molecule has 2 aromatic rings. The number of aryl methyl sites for hydroxylation is 2. The normalized spacial score (nSPS) is 23.2. The van der Waals surface area contributed by atoms with E-state index in [1.165, 1.54) is 0 Å². The van der Waals surface area contributed by atoms with E-state index in [0.29, 0.717) is 44.6 Å². The van der Waals surface area contributed by atoms with Crippen LogP contribution in [0.5, 0.6) is 5.75 Å². The Morgan fingerprint density at radius 2 is 1.66 bits per heavy atom. The lowest BCUT2D eigenvalue weighted by atomic mass is 9.72. The molecule has 7 nitrogen and oxygen atoms in total. The fraction of sp³-hybridized carbons (Fsp3) is 0.500. The van der Waals surface area contributed by atoms with Crippen LogP contribution in [-0.4, -0.2) is 77.3 Å². The third-order valence-electron chi connectivity index (χ3n) is 7.64. The van der Waals surface area contributed by atoms with Crippen molar-refractivity contribution >= 4 is 11.8 Å². The number of hydrogen-bond donors (Lipinski definition) is 2. The van der Waals surface area contributed by atoms with Crippen LogP contribution in [0.1, 0.15) is 46.3 Å². The van der Waals surface area contributed by atoms with Crippen molar-refractivity contribution in [2.45, 2.75) is 51.7 Å². The van der Waals surface area contributed by atoms with Crippen LogP contribution in [0.3, 0.4) is 0 Å². The third-order valence-corrected chi connectivity index (χ3v) is 7.64. The van der Waals surface area contributed by atoms with Gasteiger partial charge < -0.3 is 24.7 Å². The summed E-state index contributed by atoms with van der Waals surface area (Å²) in [4.78, 5) is 29.7. The third kappa shape index (κ3) is 5.52. The highest BCUT2D eigenvalue weighted by atomic mass is 16.5. The molecule has 2 aliphatic rings. The fourth-order valence-corrected chi connectivity index (χ4v) is 5.52. The molecule has 0 bridgehead atoms. The summed E-state index contributed by atoms with van der Waals surface area (Å²) in [6.45, 7) is 5.34. The monoisotopic (exact) mass is 480 g/mol. The van der Waals surface area contributed by atoms with Gasteiger partial charge >= 0.3 is 0 Å². The maximum Gasteiger partial charge on any atom is 0.260 e. The van der Waals surface area contributed by atoms with Crippen LogP contribution in [0.15, 0.2) is 42.5 Å². The van der Waals surface area contributed by atoms with Gasteiger partial charge in [-0.3, -0.25) is 9.59 Å². The van der Waals surface area contributed by atoms with Crippen molar-refractivity contribution in [2.24, 2.45) is 5.41 Å². The van der Waals surface area contributed by atoms with E-state index in [0.717, 1.165) is 22.3 Å². The predicted molar refractivity (Wildman–Crippen MR) is 133 cm³/mol. The predicted octanol–water partition coefficient (Wildman–Crippen LogP) is 2.73. The second kappa shape index (κ2) is 10.4. The van der Waals surface area contributed by atoms with Crippen LogP contribution in [0.4, 0.5) is 0 Å². The second-order valence-electron chi connectivity index (χ2n) is 10.2. The zero-order valence-corrected chi connectivity index (χ0v) is 20.9. The minimum Gasteiger partial charge on any atom is -0.483 e. The number of nitrogens with zero attached hydrogens (tertiary/aromatic N) is 2. The van der Waals surface area contributed by atoms with E-state index in [-0.39, 0.29) is 24.8 Å². The molecule has 2 N–H and O–H groups in total. The van der Waals surface area contributed by atoms with Crippen LogP contribution in [0.2, 0.25) is 0 Å². The number of piperidine rings is 1. The van der Waals surface area contributed by atoms with Gasteiger partial charge in [-0.1, -0.05) is 36.4 Å². The summed E-state index contributed by atoms with van der Waals surface area (Å²) in [6.07, 6.45) is -0.0157. The number of aliphatic hydroxyl groups excluding tert-OH is 2. The number of likely N-dealkylation sites (tertiary alicyclic amines) is 1. The average molecular weight is 481 g/mol. The minimum absolute atomic E-state index is 0.0265. The summed E-state index contributed by atoms with van der Waals surface area (Å²) >= 11 is 0. The number of amides is 2. The molecule has 4 rings (SSSR count). The first-order chi connectivity index (χ1) is 16.7. The van der Waals surface area contributed by atoms with Crippen molar-refractivity contribution in [3.05, 3.63) is 64.7 Å². The van der Waals surface area contributed by atoms with Gasteiger partial charge in [0.15, 0.2) is 6.61 Å². The van der Waals surface area contributed by atoms with Crippen molar-refractivity contribution in [3.63, 3.8) is 0 Å². The molecule has 0 unspecified atom stereocenters. The summed E-state index contributed by atoms with van der Waals surface area (Å²) in [5.74, 6) is 0.441. The first-order valence-corrected chi connectivity index (χ1v) is 12.4. The number of benzene rings is 2. The van der Waals surface area contributed by atoms with Gasteiger partial charge in [0.1, 0.15) is 5.75 Å². The zero-order valence-electron chi connectivity index (χ0n) is 20.9. The van der Waals surface area contributed by atoms with Gasteiger partial charge in [0.2, 0.25) is 0 Å². The van der Waals surface area contributed by atoms with Crippen molar-refractivity contribution in [2.75, 3.05) is 33.3 Å². The topological polar surface area (TPSA) is 90.3 Å². The number of hydrogen-bond acceptors (Lipinski definition) is 5. The van der Waals surface area contributed by atoms with Crippen molar-refractivity contribution < 1.29 is 24.5 Å². The van der Waals surface area contributed by atoms with Crippen LogP contribution < -0.4 is 4.74 Å².